The Morgan fingerprint density at radius 3 is 2.30 bits per heavy atom. The monoisotopic (exact) mass is 319 g/mol. The number of piperidine rings is 1. The van der Waals surface area contributed by atoms with E-state index in [4.69, 9.17) is 0 Å². The number of nitrogens with one attached hydrogen (secondary N) is 1. The fraction of sp³-hybridized carbons (Fsp3) is 0.684. The van der Waals surface area contributed by atoms with Crippen LogP contribution in [0.25, 0.3) is 0 Å². The van der Waals surface area contributed by atoms with E-state index in [1.54, 1.807) is 12.1 Å². The highest BCUT2D eigenvalue weighted by Crippen LogP contribution is 2.30. The summed E-state index contributed by atoms with van der Waals surface area (Å²) in [4.78, 5) is 5.18. The third kappa shape index (κ3) is 4.52. The molecule has 0 radical (unpaired) electrons. The average Bonchev–Trinajstić information content (AvgIpc) is 2.54. The topological polar surface area (TPSA) is 18.5 Å². The van der Waals surface area contributed by atoms with Crippen LogP contribution in [0.5, 0.6) is 0 Å². The lowest BCUT2D eigenvalue weighted by Crippen LogP contribution is -2.49. The van der Waals surface area contributed by atoms with Gasteiger partial charge in [-0.1, -0.05) is 26.0 Å². The summed E-state index contributed by atoms with van der Waals surface area (Å²) in [6.45, 7) is 12.4. The number of likely N-dealkylation sites (tertiary alicyclic amines) is 1. The molecule has 3 rings (SSSR count). The summed E-state index contributed by atoms with van der Waals surface area (Å²) < 4.78 is 13.3. The van der Waals surface area contributed by atoms with Crippen LogP contribution in [-0.2, 0) is 0 Å². The molecule has 2 fully saturated rings. The first-order chi connectivity index (χ1) is 11.1. The van der Waals surface area contributed by atoms with Gasteiger partial charge in [0.25, 0.3) is 0 Å². The van der Waals surface area contributed by atoms with E-state index in [-0.39, 0.29) is 5.82 Å². The van der Waals surface area contributed by atoms with Gasteiger partial charge in [-0.25, -0.2) is 4.39 Å². The van der Waals surface area contributed by atoms with Crippen LogP contribution >= 0.6 is 0 Å². The van der Waals surface area contributed by atoms with Gasteiger partial charge >= 0.3 is 0 Å². The first kappa shape index (κ1) is 16.9. The molecule has 3 unspecified atom stereocenters. The predicted molar refractivity (Wildman–Crippen MR) is 93.0 cm³/mol. The normalized spacial score (nSPS) is 28.7. The number of nitrogens with zero attached hydrogens (tertiary/aromatic N) is 2. The molecule has 23 heavy (non-hydrogen) atoms. The molecule has 4 heteroatoms. The van der Waals surface area contributed by atoms with Crippen molar-refractivity contribution < 1.29 is 4.39 Å². The van der Waals surface area contributed by atoms with Gasteiger partial charge in [-0.2, -0.15) is 0 Å². The first-order valence-corrected chi connectivity index (χ1v) is 9.04. The van der Waals surface area contributed by atoms with E-state index in [0.29, 0.717) is 6.04 Å². The lowest BCUT2D eigenvalue weighted by Gasteiger charge is -2.42. The van der Waals surface area contributed by atoms with E-state index < -0.39 is 0 Å². The van der Waals surface area contributed by atoms with Crippen molar-refractivity contribution in [1.29, 1.82) is 0 Å². The second-order valence-corrected chi connectivity index (χ2v) is 7.52. The maximum atomic E-state index is 13.3. The predicted octanol–water partition coefficient (Wildman–Crippen LogP) is 2.75. The Bertz CT molecular complexity index is 474. The Hall–Kier alpha value is -0.970. The summed E-state index contributed by atoms with van der Waals surface area (Å²) in [5, 5.41) is 3.42. The number of halogens is 1. The van der Waals surface area contributed by atoms with Crippen LogP contribution in [0.1, 0.15) is 31.9 Å². The van der Waals surface area contributed by atoms with E-state index in [1.165, 1.54) is 12.0 Å². The molecule has 2 heterocycles. The van der Waals surface area contributed by atoms with Crippen molar-refractivity contribution in [2.75, 3.05) is 45.8 Å². The van der Waals surface area contributed by atoms with Crippen LogP contribution in [0, 0.1) is 17.7 Å². The van der Waals surface area contributed by atoms with E-state index in [1.807, 2.05) is 12.1 Å². The lowest BCUT2D eigenvalue weighted by atomic mass is 9.89. The number of hydrogen-bond acceptors (Lipinski definition) is 3. The van der Waals surface area contributed by atoms with Crippen molar-refractivity contribution in [2.24, 2.45) is 11.8 Å². The van der Waals surface area contributed by atoms with Gasteiger partial charge in [0.2, 0.25) is 0 Å². The van der Waals surface area contributed by atoms with Crippen molar-refractivity contribution in [3.63, 3.8) is 0 Å². The molecule has 1 aromatic rings. The molecular formula is C19H30FN3. The molecule has 0 spiro atoms. The Kier molecular flexibility index (Phi) is 5.67. The SMILES string of the molecule is CC1CC(C)CN(C(CN2CCNCC2)c2ccc(F)cc2)C1. The van der Waals surface area contributed by atoms with Gasteiger partial charge in [0, 0.05) is 51.9 Å². The molecule has 3 nitrogen and oxygen atoms in total. The molecule has 3 atom stereocenters. The van der Waals surface area contributed by atoms with Crippen LogP contribution < -0.4 is 5.32 Å². The molecule has 0 aliphatic carbocycles. The minimum Gasteiger partial charge on any atom is -0.314 e. The molecule has 2 aliphatic rings. The standard InChI is InChI=1S/C19H30FN3/c1-15-11-16(2)13-23(12-15)19(14-22-9-7-21-8-10-22)17-3-5-18(20)6-4-17/h3-6,15-16,19,21H,7-14H2,1-2H3. The van der Waals surface area contributed by atoms with Gasteiger partial charge in [-0.3, -0.25) is 9.80 Å². The summed E-state index contributed by atoms with van der Waals surface area (Å²) in [7, 11) is 0. The van der Waals surface area contributed by atoms with Gasteiger partial charge in [-0.15, -0.1) is 0 Å². The van der Waals surface area contributed by atoms with E-state index in [0.717, 1.165) is 57.6 Å². The fourth-order valence-corrected chi connectivity index (χ4v) is 4.22. The lowest BCUT2D eigenvalue weighted by molar-refractivity contribution is 0.0678. The third-order valence-corrected chi connectivity index (χ3v) is 5.23. The molecule has 0 amide bonds. The number of piperazine rings is 1. The second kappa shape index (κ2) is 7.73. The molecule has 0 aromatic heterocycles. The zero-order valence-electron chi connectivity index (χ0n) is 14.5. The highest BCUT2D eigenvalue weighted by atomic mass is 19.1. The fourth-order valence-electron chi connectivity index (χ4n) is 4.22. The Morgan fingerprint density at radius 2 is 1.70 bits per heavy atom. The molecule has 0 saturated carbocycles. The van der Waals surface area contributed by atoms with Crippen molar-refractivity contribution in [2.45, 2.75) is 26.3 Å². The van der Waals surface area contributed by atoms with Gasteiger partial charge in [0.05, 0.1) is 0 Å². The highest BCUT2D eigenvalue weighted by molar-refractivity contribution is 5.21. The van der Waals surface area contributed by atoms with Crippen LogP contribution in [0.2, 0.25) is 0 Å². The Balaban J connectivity index is 1.78. The van der Waals surface area contributed by atoms with Gasteiger partial charge in [0.1, 0.15) is 5.82 Å². The number of benzene rings is 1. The van der Waals surface area contributed by atoms with Crippen LogP contribution in [0.4, 0.5) is 4.39 Å². The molecule has 1 aromatic carbocycles. The molecule has 2 aliphatic heterocycles. The van der Waals surface area contributed by atoms with Crippen molar-refractivity contribution in [1.82, 2.24) is 15.1 Å². The van der Waals surface area contributed by atoms with Crippen molar-refractivity contribution >= 4 is 0 Å². The molecule has 0 bridgehead atoms. The second-order valence-electron chi connectivity index (χ2n) is 7.52. The molecule has 2 saturated heterocycles. The largest absolute Gasteiger partial charge is 0.314 e. The van der Waals surface area contributed by atoms with Crippen molar-refractivity contribution in [3.05, 3.63) is 35.6 Å². The van der Waals surface area contributed by atoms with E-state index in [9.17, 15) is 4.39 Å². The summed E-state index contributed by atoms with van der Waals surface area (Å²) in [6, 6.07) is 7.55. The van der Waals surface area contributed by atoms with Gasteiger partial charge in [0.15, 0.2) is 0 Å². The van der Waals surface area contributed by atoms with Crippen LogP contribution in [0.15, 0.2) is 24.3 Å². The molecule has 128 valence electrons. The highest BCUT2D eigenvalue weighted by Gasteiger charge is 2.30. The maximum absolute atomic E-state index is 13.3. The molecule has 1 N–H and O–H groups in total. The minimum absolute atomic E-state index is 0.143. The summed E-state index contributed by atoms with van der Waals surface area (Å²) in [6.07, 6.45) is 1.32. The van der Waals surface area contributed by atoms with Crippen LogP contribution in [-0.4, -0.2) is 55.6 Å². The van der Waals surface area contributed by atoms with Crippen molar-refractivity contribution in [3.8, 4) is 0 Å². The van der Waals surface area contributed by atoms with Crippen LogP contribution in [0.3, 0.4) is 0 Å². The zero-order valence-corrected chi connectivity index (χ0v) is 14.5. The maximum Gasteiger partial charge on any atom is 0.123 e. The first-order valence-electron chi connectivity index (χ1n) is 9.04. The number of hydrogen-bond donors (Lipinski definition) is 1. The Morgan fingerprint density at radius 1 is 1.09 bits per heavy atom. The zero-order chi connectivity index (χ0) is 16.2. The third-order valence-electron chi connectivity index (χ3n) is 5.23. The smallest absolute Gasteiger partial charge is 0.123 e. The minimum atomic E-state index is -0.143. The average molecular weight is 319 g/mol. The quantitative estimate of drug-likeness (QED) is 0.921. The summed E-state index contributed by atoms with van der Waals surface area (Å²) in [5.41, 5.74) is 1.26. The van der Waals surface area contributed by atoms with E-state index >= 15 is 0 Å². The van der Waals surface area contributed by atoms with E-state index in [2.05, 4.69) is 29.0 Å². The summed E-state index contributed by atoms with van der Waals surface area (Å²) in [5.74, 6) is 1.34. The summed E-state index contributed by atoms with van der Waals surface area (Å²) >= 11 is 0. The number of rotatable bonds is 4. The Labute approximate surface area is 139 Å². The molecular weight excluding hydrogens is 289 g/mol. The van der Waals surface area contributed by atoms with Gasteiger partial charge < -0.3 is 5.32 Å². The van der Waals surface area contributed by atoms with Gasteiger partial charge in [-0.05, 0) is 36.0 Å².